The van der Waals surface area contributed by atoms with Crippen LogP contribution in [0.3, 0.4) is 0 Å². The van der Waals surface area contributed by atoms with E-state index in [1.807, 2.05) is 0 Å². The Kier molecular flexibility index (Phi) is 5.93. The van der Waals surface area contributed by atoms with Crippen molar-refractivity contribution in [3.63, 3.8) is 0 Å². The number of hydrogen-bond acceptors (Lipinski definition) is 3. The average Bonchev–Trinajstić information content (AvgIpc) is 2.03. The van der Waals surface area contributed by atoms with Crippen LogP contribution in [0.2, 0.25) is 0 Å². The van der Waals surface area contributed by atoms with Crippen LogP contribution in [0.4, 0.5) is 0 Å². The molecule has 0 aromatic heterocycles. The Hall–Kier alpha value is 0.207. The minimum atomic E-state index is -2.21. The summed E-state index contributed by atoms with van der Waals surface area (Å²) in [5, 5.41) is 0. The molecule has 0 heterocycles. The van der Waals surface area contributed by atoms with Crippen molar-refractivity contribution in [2.75, 3.05) is 7.11 Å². The second kappa shape index (κ2) is 5.84. The van der Waals surface area contributed by atoms with Crippen LogP contribution in [0.1, 0.15) is 0 Å². The third kappa shape index (κ3) is 3.84. The summed E-state index contributed by atoms with van der Waals surface area (Å²) >= 11 is 0.958. The second-order valence-corrected chi connectivity index (χ2v) is 3.92. The molecule has 0 radical (unpaired) electrons. The van der Waals surface area contributed by atoms with Gasteiger partial charge in [0.05, 0.1) is 7.11 Å². The van der Waals surface area contributed by atoms with Gasteiger partial charge in [0.2, 0.25) is 0 Å². The molecule has 0 fully saturated rings. The zero-order chi connectivity index (χ0) is 9.14. The third-order valence-electron chi connectivity index (χ3n) is 1.27. The monoisotopic (exact) mass is 256 g/mol. The number of rotatable bonds is 2. The van der Waals surface area contributed by atoms with Crippen LogP contribution in [0, 0.1) is 0 Å². The number of methoxy groups -OCH3 is 1. The first kappa shape index (κ1) is 13.2. The number of ether oxygens (including phenoxy) is 1. The van der Waals surface area contributed by atoms with Crippen molar-refractivity contribution in [2.45, 2.75) is 4.90 Å². The van der Waals surface area contributed by atoms with E-state index >= 15 is 0 Å². The third-order valence-corrected chi connectivity index (χ3v) is 2.35. The minimum absolute atomic E-state index is 0. The Morgan fingerprint density at radius 3 is 2.54 bits per heavy atom. The first-order valence-corrected chi connectivity index (χ1v) is 4.94. The van der Waals surface area contributed by atoms with Gasteiger partial charge in [-0.15, -0.1) is 0 Å². The van der Waals surface area contributed by atoms with Gasteiger partial charge in [0.25, 0.3) is 0 Å². The van der Waals surface area contributed by atoms with Gasteiger partial charge in [0.15, 0.2) is 0 Å². The van der Waals surface area contributed by atoms with Crippen molar-refractivity contribution in [3.8, 4) is 5.75 Å². The van der Waals surface area contributed by atoms with Gasteiger partial charge in [0.1, 0.15) is 5.75 Å². The fourth-order valence-electron chi connectivity index (χ4n) is 0.751. The van der Waals surface area contributed by atoms with Crippen molar-refractivity contribution in [1.82, 2.24) is 0 Å². The fourth-order valence-corrected chi connectivity index (χ4v) is 1.81. The van der Waals surface area contributed by atoms with E-state index < -0.39 is 11.1 Å². The summed E-state index contributed by atoms with van der Waals surface area (Å²) in [4.78, 5) is 0.209. The molecule has 0 amide bonds. The molecule has 1 unspecified atom stereocenters. The molecular weight excluding hydrogens is 251 g/mol. The number of benzene rings is 1. The van der Waals surface area contributed by atoms with Gasteiger partial charge >= 0.3 is 18.9 Å². The average molecular weight is 257 g/mol. The van der Waals surface area contributed by atoms with Crippen LogP contribution in [0.25, 0.3) is 0 Å². The molecule has 0 aliphatic heterocycles. The van der Waals surface area contributed by atoms with Crippen LogP contribution < -0.4 is 23.6 Å². The Morgan fingerprint density at radius 2 is 2.08 bits per heavy atom. The van der Waals surface area contributed by atoms with Gasteiger partial charge in [-0.05, 0) is 29.3 Å². The first-order chi connectivity index (χ1) is 5.63. The van der Waals surface area contributed by atoms with E-state index in [0.717, 1.165) is 0 Å². The summed E-state index contributed by atoms with van der Waals surface area (Å²) in [5.74, 6) is 0.517. The van der Waals surface area contributed by atoms with Crippen LogP contribution in [-0.4, -0.2) is 15.9 Å². The van der Waals surface area contributed by atoms with Crippen LogP contribution in [0.5, 0.6) is 5.75 Å². The molecule has 0 saturated carbocycles. The molecule has 0 N–H and O–H groups in total. The molecule has 3 nitrogen and oxygen atoms in total. The SMILES string of the molecule is COc1cc(Br)cc(S(=O)[O-])c1.[Li+]. The molecule has 0 aliphatic carbocycles. The summed E-state index contributed by atoms with van der Waals surface area (Å²) in [6, 6.07) is 4.65. The summed E-state index contributed by atoms with van der Waals surface area (Å²) in [6.07, 6.45) is 0. The topological polar surface area (TPSA) is 49.4 Å². The zero-order valence-corrected chi connectivity index (χ0v) is 9.65. The summed E-state index contributed by atoms with van der Waals surface area (Å²) < 4.78 is 26.7. The van der Waals surface area contributed by atoms with E-state index in [4.69, 9.17) is 4.74 Å². The molecule has 1 aromatic carbocycles. The smallest absolute Gasteiger partial charge is 0.768 e. The van der Waals surface area contributed by atoms with Gasteiger partial charge in [0, 0.05) is 9.37 Å². The van der Waals surface area contributed by atoms with E-state index in [9.17, 15) is 8.76 Å². The first-order valence-electron chi connectivity index (χ1n) is 3.07. The molecule has 13 heavy (non-hydrogen) atoms. The van der Waals surface area contributed by atoms with Crippen molar-refractivity contribution in [3.05, 3.63) is 22.7 Å². The normalized spacial score (nSPS) is 11.6. The molecular formula is C7H6BrLiO3S. The van der Waals surface area contributed by atoms with Crippen molar-refractivity contribution in [1.29, 1.82) is 0 Å². The molecule has 0 aliphatic rings. The molecule has 0 bridgehead atoms. The number of hydrogen-bond donors (Lipinski definition) is 0. The van der Waals surface area contributed by atoms with Crippen molar-refractivity contribution in [2.24, 2.45) is 0 Å². The van der Waals surface area contributed by atoms with E-state index in [1.54, 1.807) is 6.07 Å². The quantitative estimate of drug-likeness (QED) is 0.488. The molecule has 1 atom stereocenters. The van der Waals surface area contributed by atoms with Crippen molar-refractivity contribution >= 4 is 27.0 Å². The minimum Gasteiger partial charge on any atom is -0.768 e. The maximum absolute atomic E-state index is 10.5. The van der Waals surface area contributed by atoms with Gasteiger partial charge in [-0.3, -0.25) is 4.21 Å². The second-order valence-electron chi connectivity index (χ2n) is 2.06. The fraction of sp³-hybridized carbons (Fsp3) is 0.143. The Balaban J connectivity index is 0.00000144. The van der Waals surface area contributed by atoms with Gasteiger partial charge < -0.3 is 9.29 Å². The Labute approximate surface area is 99.5 Å². The van der Waals surface area contributed by atoms with Crippen LogP contribution >= 0.6 is 15.9 Å². The van der Waals surface area contributed by atoms with Gasteiger partial charge in [-0.2, -0.15) is 0 Å². The largest absolute Gasteiger partial charge is 1.00 e. The predicted molar refractivity (Wildman–Crippen MR) is 47.9 cm³/mol. The standard InChI is InChI=1S/C7H7BrO3S.Li/c1-11-6-2-5(8)3-7(4-6)12(9)10;/h2-4H,1H3,(H,9,10);/q;+1/p-1. The molecule has 6 heteroatoms. The number of halogens is 1. The molecule has 66 valence electrons. The maximum Gasteiger partial charge on any atom is 1.00 e. The summed E-state index contributed by atoms with van der Waals surface area (Å²) in [7, 11) is 1.49. The zero-order valence-electron chi connectivity index (χ0n) is 7.24. The van der Waals surface area contributed by atoms with Crippen molar-refractivity contribution < 1.29 is 32.4 Å². The Morgan fingerprint density at radius 1 is 1.46 bits per heavy atom. The predicted octanol–water partition coefficient (Wildman–Crippen LogP) is -1.30. The Bertz CT molecular complexity index is 319. The van der Waals surface area contributed by atoms with Crippen LogP contribution in [-0.2, 0) is 11.1 Å². The van der Waals surface area contributed by atoms with E-state index in [1.165, 1.54) is 19.2 Å². The molecule has 1 rings (SSSR count). The van der Waals surface area contributed by atoms with Crippen LogP contribution in [0.15, 0.2) is 27.6 Å². The maximum atomic E-state index is 10.5. The summed E-state index contributed by atoms with van der Waals surface area (Å²) in [5.41, 5.74) is 0. The molecule has 0 saturated heterocycles. The molecule has 1 aromatic rings. The molecule has 0 spiro atoms. The van der Waals surface area contributed by atoms with E-state index in [-0.39, 0.29) is 23.8 Å². The van der Waals surface area contributed by atoms with E-state index in [2.05, 4.69) is 15.9 Å². The summed E-state index contributed by atoms with van der Waals surface area (Å²) in [6.45, 7) is 0. The van der Waals surface area contributed by atoms with Gasteiger partial charge in [-0.1, -0.05) is 15.9 Å². The van der Waals surface area contributed by atoms with Gasteiger partial charge in [-0.25, -0.2) is 0 Å². The van der Waals surface area contributed by atoms with E-state index in [0.29, 0.717) is 10.2 Å².